The number of unbranched alkanes of at least 4 members (excludes halogenated alkanes) is 4. The third-order valence-corrected chi connectivity index (χ3v) is 5.75. The van der Waals surface area contributed by atoms with Crippen LogP contribution in [0.25, 0.3) is 11.1 Å². The fourth-order valence-electron chi connectivity index (χ4n) is 4.23. The average molecular weight is 398 g/mol. The molecule has 0 amide bonds. The van der Waals surface area contributed by atoms with Gasteiger partial charge in [-0.05, 0) is 71.9 Å². The Morgan fingerprint density at radius 3 is 1.55 bits per heavy atom. The van der Waals surface area contributed by atoms with Crippen LogP contribution in [-0.2, 0) is 12.8 Å². The Kier molecular flexibility index (Phi) is 9.33. The molecule has 160 valence electrons. The molecular formula is C27H40FN. The van der Waals surface area contributed by atoms with Crippen molar-refractivity contribution >= 4 is 0 Å². The Hall–Kier alpha value is -1.70. The quantitative estimate of drug-likeness (QED) is 0.346. The van der Waals surface area contributed by atoms with Gasteiger partial charge in [0.2, 0.25) is 0 Å². The molecular weight excluding hydrogens is 357 g/mol. The van der Waals surface area contributed by atoms with Gasteiger partial charge in [0, 0.05) is 11.4 Å². The van der Waals surface area contributed by atoms with E-state index in [2.05, 4.69) is 41.5 Å². The van der Waals surface area contributed by atoms with Gasteiger partial charge in [-0.15, -0.1) is 0 Å². The molecule has 1 aromatic heterocycles. The first-order valence-electron chi connectivity index (χ1n) is 11.7. The zero-order valence-electron chi connectivity index (χ0n) is 19.4. The van der Waals surface area contributed by atoms with E-state index >= 15 is 0 Å². The molecule has 0 unspecified atom stereocenters. The number of pyridine rings is 1. The predicted molar refractivity (Wildman–Crippen MR) is 124 cm³/mol. The van der Waals surface area contributed by atoms with Gasteiger partial charge in [-0.1, -0.05) is 79.4 Å². The monoisotopic (exact) mass is 397 g/mol. The Morgan fingerprint density at radius 1 is 0.724 bits per heavy atom. The van der Waals surface area contributed by atoms with Crippen molar-refractivity contribution in [2.75, 3.05) is 0 Å². The maximum atomic E-state index is 13.7. The topological polar surface area (TPSA) is 12.9 Å². The Labute approximate surface area is 178 Å². The van der Waals surface area contributed by atoms with Crippen LogP contribution < -0.4 is 0 Å². The molecule has 2 heteroatoms. The van der Waals surface area contributed by atoms with Crippen molar-refractivity contribution in [2.45, 2.75) is 105 Å². The molecule has 1 aromatic carbocycles. The van der Waals surface area contributed by atoms with Gasteiger partial charge in [0.15, 0.2) is 0 Å². The van der Waals surface area contributed by atoms with Gasteiger partial charge < -0.3 is 0 Å². The maximum Gasteiger partial charge on any atom is 0.123 e. The highest BCUT2D eigenvalue weighted by molar-refractivity contribution is 5.73. The lowest BCUT2D eigenvalue weighted by Gasteiger charge is -2.25. The van der Waals surface area contributed by atoms with E-state index in [4.69, 9.17) is 4.98 Å². The highest BCUT2D eigenvalue weighted by Gasteiger charge is 2.23. The van der Waals surface area contributed by atoms with E-state index in [9.17, 15) is 4.39 Å². The lowest BCUT2D eigenvalue weighted by atomic mass is 9.83. The SMILES string of the molecule is CCCCCc1c(C(C)C)nc(C(C)C)c(CCCCC)c1-c1ccc(F)cc1. The van der Waals surface area contributed by atoms with E-state index in [1.807, 2.05) is 12.1 Å². The van der Waals surface area contributed by atoms with Gasteiger partial charge >= 0.3 is 0 Å². The number of halogens is 1. The normalized spacial score (nSPS) is 11.6. The second-order valence-electron chi connectivity index (χ2n) is 8.94. The second-order valence-corrected chi connectivity index (χ2v) is 8.94. The van der Waals surface area contributed by atoms with Crippen molar-refractivity contribution < 1.29 is 4.39 Å². The first kappa shape index (κ1) is 23.6. The molecule has 0 aliphatic rings. The summed E-state index contributed by atoms with van der Waals surface area (Å²) in [6.07, 6.45) is 9.37. The molecule has 0 N–H and O–H groups in total. The summed E-state index contributed by atoms with van der Waals surface area (Å²) in [5, 5.41) is 0. The summed E-state index contributed by atoms with van der Waals surface area (Å²) in [5.41, 5.74) is 7.77. The van der Waals surface area contributed by atoms with Crippen LogP contribution in [0.2, 0.25) is 0 Å². The number of benzene rings is 1. The second kappa shape index (κ2) is 11.5. The Morgan fingerprint density at radius 2 is 1.17 bits per heavy atom. The minimum Gasteiger partial charge on any atom is -0.257 e. The molecule has 29 heavy (non-hydrogen) atoms. The summed E-state index contributed by atoms with van der Waals surface area (Å²) in [6.45, 7) is 13.5. The molecule has 0 aliphatic heterocycles. The van der Waals surface area contributed by atoms with E-state index in [1.54, 1.807) is 12.1 Å². The number of hydrogen-bond acceptors (Lipinski definition) is 1. The molecule has 1 heterocycles. The summed E-state index contributed by atoms with van der Waals surface area (Å²) < 4.78 is 13.7. The number of nitrogens with zero attached hydrogens (tertiary/aromatic N) is 1. The van der Waals surface area contributed by atoms with E-state index < -0.39 is 0 Å². The van der Waals surface area contributed by atoms with Gasteiger partial charge in [-0.2, -0.15) is 0 Å². The zero-order valence-corrected chi connectivity index (χ0v) is 19.4. The molecule has 0 saturated heterocycles. The fourth-order valence-corrected chi connectivity index (χ4v) is 4.23. The van der Waals surface area contributed by atoms with Crippen LogP contribution in [0.5, 0.6) is 0 Å². The third-order valence-electron chi connectivity index (χ3n) is 5.75. The highest BCUT2D eigenvalue weighted by Crippen LogP contribution is 2.38. The van der Waals surface area contributed by atoms with E-state index in [-0.39, 0.29) is 5.82 Å². The first-order valence-corrected chi connectivity index (χ1v) is 11.7. The lowest BCUT2D eigenvalue weighted by molar-refractivity contribution is 0.628. The standard InChI is InChI=1S/C27H40FN/c1-7-9-11-13-23-25(21-15-17-22(28)18-16-21)24(14-12-10-8-2)27(20(5)6)29-26(23)19(3)4/h15-20H,7-14H2,1-6H3. The number of aromatic nitrogens is 1. The van der Waals surface area contributed by atoms with E-state index in [0.29, 0.717) is 11.8 Å². The predicted octanol–water partition coefficient (Wildman–Crippen LogP) is 8.60. The number of hydrogen-bond donors (Lipinski definition) is 0. The molecule has 1 nitrogen and oxygen atoms in total. The van der Waals surface area contributed by atoms with E-state index in [1.165, 1.54) is 66.6 Å². The summed E-state index contributed by atoms with van der Waals surface area (Å²) in [6, 6.07) is 7.13. The molecule has 2 rings (SSSR count). The summed E-state index contributed by atoms with van der Waals surface area (Å²) in [7, 11) is 0. The van der Waals surface area contributed by atoms with Crippen LogP contribution in [0, 0.1) is 5.82 Å². The molecule has 2 aromatic rings. The summed E-state index contributed by atoms with van der Waals surface area (Å²) >= 11 is 0. The Bertz CT molecular complexity index is 719. The minimum atomic E-state index is -0.170. The fraction of sp³-hybridized carbons (Fsp3) is 0.593. The van der Waals surface area contributed by atoms with Crippen molar-refractivity contribution in [3.63, 3.8) is 0 Å². The summed E-state index contributed by atoms with van der Waals surface area (Å²) in [5.74, 6) is 0.595. The van der Waals surface area contributed by atoms with Crippen LogP contribution in [0.3, 0.4) is 0 Å². The highest BCUT2D eigenvalue weighted by atomic mass is 19.1. The molecule has 0 aliphatic carbocycles. The van der Waals surface area contributed by atoms with Gasteiger partial charge in [0.25, 0.3) is 0 Å². The van der Waals surface area contributed by atoms with Crippen LogP contribution in [0.4, 0.5) is 4.39 Å². The van der Waals surface area contributed by atoms with Crippen molar-refractivity contribution in [1.29, 1.82) is 0 Å². The largest absolute Gasteiger partial charge is 0.257 e. The van der Waals surface area contributed by atoms with Crippen molar-refractivity contribution in [1.82, 2.24) is 4.98 Å². The lowest BCUT2D eigenvalue weighted by Crippen LogP contribution is -2.12. The van der Waals surface area contributed by atoms with Gasteiger partial charge in [-0.3, -0.25) is 4.98 Å². The molecule has 0 fully saturated rings. The molecule has 0 saturated carbocycles. The molecule has 0 radical (unpaired) electrons. The van der Waals surface area contributed by atoms with Crippen LogP contribution in [0.15, 0.2) is 24.3 Å². The van der Waals surface area contributed by atoms with E-state index in [0.717, 1.165) is 18.4 Å². The van der Waals surface area contributed by atoms with Gasteiger partial charge in [-0.25, -0.2) is 4.39 Å². The van der Waals surface area contributed by atoms with Crippen molar-refractivity contribution in [2.24, 2.45) is 0 Å². The smallest absolute Gasteiger partial charge is 0.123 e. The molecule has 0 atom stereocenters. The zero-order chi connectivity index (χ0) is 21.4. The Balaban J connectivity index is 2.75. The third kappa shape index (κ3) is 6.14. The maximum absolute atomic E-state index is 13.7. The van der Waals surface area contributed by atoms with Gasteiger partial charge in [0.1, 0.15) is 5.82 Å². The van der Waals surface area contributed by atoms with Crippen molar-refractivity contribution in [3.8, 4) is 11.1 Å². The average Bonchev–Trinajstić information content (AvgIpc) is 2.68. The van der Waals surface area contributed by atoms with Crippen LogP contribution >= 0.6 is 0 Å². The van der Waals surface area contributed by atoms with Crippen LogP contribution in [0.1, 0.15) is 114 Å². The number of rotatable bonds is 11. The minimum absolute atomic E-state index is 0.170. The van der Waals surface area contributed by atoms with Crippen molar-refractivity contribution in [3.05, 3.63) is 52.6 Å². The summed E-state index contributed by atoms with van der Waals surface area (Å²) in [4.78, 5) is 5.26. The molecule has 0 spiro atoms. The van der Waals surface area contributed by atoms with Crippen LogP contribution in [-0.4, -0.2) is 4.98 Å². The molecule has 0 bridgehead atoms. The first-order chi connectivity index (χ1) is 13.9. The van der Waals surface area contributed by atoms with Gasteiger partial charge in [0.05, 0.1) is 0 Å².